The Morgan fingerprint density at radius 2 is 2.19 bits per heavy atom. The van der Waals surface area contributed by atoms with E-state index in [4.69, 9.17) is 9.47 Å². The monoisotopic (exact) mass is 292 g/mol. The van der Waals surface area contributed by atoms with Crippen LogP contribution in [-0.4, -0.2) is 44.7 Å². The molecule has 6 heteroatoms. The molecule has 1 aromatic rings. The minimum absolute atomic E-state index is 0.259. The summed E-state index contributed by atoms with van der Waals surface area (Å²) in [5.74, 6) is 0.0824. The lowest BCUT2D eigenvalue weighted by atomic mass is 10.2. The Morgan fingerprint density at radius 1 is 1.43 bits per heavy atom. The van der Waals surface area contributed by atoms with Gasteiger partial charge in [0.05, 0.1) is 19.4 Å². The maximum Gasteiger partial charge on any atom is 0.330 e. The second-order valence-corrected chi connectivity index (χ2v) is 4.89. The maximum absolute atomic E-state index is 11.8. The largest absolute Gasteiger partial charge is 0.491 e. The van der Waals surface area contributed by atoms with Crippen molar-refractivity contribution in [2.24, 2.45) is 0 Å². The zero-order valence-corrected chi connectivity index (χ0v) is 12.3. The van der Waals surface area contributed by atoms with Crippen molar-refractivity contribution in [1.29, 1.82) is 0 Å². The Hall–Kier alpha value is -2.24. The van der Waals surface area contributed by atoms with Crippen molar-refractivity contribution in [3.63, 3.8) is 0 Å². The highest BCUT2D eigenvalue weighted by molar-refractivity contribution is 5.84. The Labute approximate surface area is 124 Å². The number of para-hydroxylation sites is 2. The number of ether oxygens (including phenoxy) is 2. The van der Waals surface area contributed by atoms with Crippen LogP contribution in [0, 0.1) is 0 Å². The van der Waals surface area contributed by atoms with E-state index < -0.39 is 12.0 Å². The lowest BCUT2D eigenvalue weighted by molar-refractivity contribution is -0.144. The van der Waals surface area contributed by atoms with E-state index in [2.05, 4.69) is 5.32 Å². The fourth-order valence-corrected chi connectivity index (χ4v) is 2.38. The number of hydrogen-bond acceptors (Lipinski definition) is 5. The van der Waals surface area contributed by atoms with Gasteiger partial charge in [-0.2, -0.15) is 0 Å². The molecule has 114 valence electrons. The standard InChI is InChI=1S/C15H20N2O4/c1-11(18)16-12(15(19)20-2)10-17-8-5-9-21-14-7-4-3-6-13(14)17/h3-4,6-7,12H,5,8-10H2,1-2H3,(H,16,18). The van der Waals surface area contributed by atoms with Gasteiger partial charge in [-0.25, -0.2) is 4.79 Å². The van der Waals surface area contributed by atoms with E-state index in [1.807, 2.05) is 29.2 Å². The lowest BCUT2D eigenvalue weighted by Gasteiger charge is -2.27. The van der Waals surface area contributed by atoms with Crippen LogP contribution in [0.1, 0.15) is 13.3 Å². The SMILES string of the molecule is COC(=O)C(CN1CCCOc2ccccc21)NC(C)=O. The first-order chi connectivity index (χ1) is 10.1. The molecule has 0 radical (unpaired) electrons. The second-order valence-electron chi connectivity index (χ2n) is 4.89. The number of methoxy groups -OCH3 is 1. The fraction of sp³-hybridized carbons (Fsp3) is 0.467. The molecule has 0 fully saturated rings. The zero-order valence-electron chi connectivity index (χ0n) is 12.3. The molecule has 0 bridgehead atoms. The van der Waals surface area contributed by atoms with Gasteiger partial charge in [-0.05, 0) is 18.6 Å². The number of rotatable bonds is 4. The first-order valence-corrected chi connectivity index (χ1v) is 6.93. The van der Waals surface area contributed by atoms with E-state index in [0.29, 0.717) is 13.2 Å². The van der Waals surface area contributed by atoms with Crippen molar-refractivity contribution in [3.8, 4) is 5.75 Å². The molecule has 0 aliphatic carbocycles. The van der Waals surface area contributed by atoms with E-state index in [1.165, 1.54) is 14.0 Å². The van der Waals surface area contributed by atoms with E-state index in [9.17, 15) is 9.59 Å². The number of fused-ring (bicyclic) bond motifs is 1. The number of esters is 1. The molecular weight excluding hydrogens is 272 g/mol. The normalized spacial score (nSPS) is 15.2. The third-order valence-electron chi connectivity index (χ3n) is 3.30. The summed E-state index contributed by atoms with van der Waals surface area (Å²) >= 11 is 0. The molecule has 1 N–H and O–H groups in total. The van der Waals surface area contributed by atoms with E-state index in [0.717, 1.165) is 24.4 Å². The Morgan fingerprint density at radius 3 is 2.90 bits per heavy atom. The van der Waals surface area contributed by atoms with Crippen LogP contribution in [0.4, 0.5) is 5.69 Å². The molecule has 6 nitrogen and oxygen atoms in total. The van der Waals surface area contributed by atoms with Crippen LogP contribution in [-0.2, 0) is 14.3 Å². The third kappa shape index (κ3) is 3.87. The zero-order chi connectivity index (χ0) is 15.2. The average molecular weight is 292 g/mol. The quantitative estimate of drug-likeness (QED) is 0.837. The molecular formula is C15H20N2O4. The van der Waals surface area contributed by atoms with Crippen LogP contribution >= 0.6 is 0 Å². The number of nitrogens with zero attached hydrogens (tertiary/aromatic N) is 1. The van der Waals surface area contributed by atoms with Crippen LogP contribution in [0.2, 0.25) is 0 Å². The molecule has 2 rings (SSSR count). The van der Waals surface area contributed by atoms with Crippen molar-refractivity contribution < 1.29 is 19.1 Å². The summed E-state index contributed by atoms with van der Waals surface area (Å²) in [4.78, 5) is 25.1. The lowest BCUT2D eigenvalue weighted by Crippen LogP contribution is -2.48. The molecule has 0 saturated heterocycles. The molecule has 1 amide bonds. The van der Waals surface area contributed by atoms with E-state index in [-0.39, 0.29) is 5.91 Å². The number of carbonyl (C=O) groups is 2. The highest BCUT2D eigenvalue weighted by Crippen LogP contribution is 2.30. The minimum Gasteiger partial charge on any atom is -0.491 e. The van der Waals surface area contributed by atoms with E-state index >= 15 is 0 Å². The summed E-state index contributed by atoms with van der Waals surface area (Å²) in [5.41, 5.74) is 0.925. The summed E-state index contributed by atoms with van der Waals surface area (Å²) in [5, 5.41) is 2.63. The van der Waals surface area contributed by atoms with Crippen LogP contribution in [0.25, 0.3) is 0 Å². The Kier molecular flexibility index (Phi) is 5.03. The number of nitrogens with one attached hydrogen (secondary N) is 1. The summed E-state index contributed by atoms with van der Waals surface area (Å²) < 4.78 is 10.4. The van der Waals surface area contributed by atoms with Gasteiger partial charge in [-0.3, -0.25) is 4.79 Å². The van der Waals surface area contributed by atoms with Gasteiger partial charge in [0.15, 0.2) is 0 Å². The molecule has 1 aromatic carbocycles. The summed E-state index contributed by atoms with van der Waals surface area (Å²) in [6.07, 6.45) is 0.850. The molecule has 1 aliphatic heterocycles. The number of anilines is 1. The Balaban J connectivity index is 2.19. The number of amides is 1. The van der Waals surface area contributed by atoms with Gasteiger partial charge in [0.25, 0.3) is 0 Å². The highest BCUT2D eigenvalue weighted by atomic mass is 16.5. The van der Waals surface area contributed by atoms with Gasteiger partial charge >= 0.3 is 5.97 Å². The van der Waals surface area contributed by atoms with Gasteiger partial charge in [0.1, 0.15) is 11.8 Å². The van der Waals surface area contributed by atoms with Crippen molar-refractivity contribution in [2.75, 3.05) is 31.7 Å². The molecule has 1 unspecified atom stereocenters. The van der Waals surface area contributed by atoms with Crippen molar-refractivity contribution in [2.45, 2.75) is 19.4 Å². The topological polar surface area (TPSA) is 67.9 Å². The highest BCUT2D eigenvalue weighted by Gasteiger charge is 2.25. The van der Waals surface area contributed by atoms with Crippen molar-refractivity contribution in [1.82, 2.24) is 5.32 Å². The molecule has 1 heterocycles. The summed E-state index contributed by atoms with van der Waals surface area (Å²) in [7, 11) is 1.32. The summed E-state index contributed by atoms with van der Waals surface area (Å²) in [6.45, 7) is 3.13. The van der Waals surface area contributed by atoms with Crippen LogP contribution in [0.5, 0.6) is 5.75 Å². The van der Waals surface area contributed by atoms with Crippen molar-refractivity contribution >= 4 is 17.6 Å². The first-order valence-electron chi connectivity index (χ1n) is 6.93. The maximum atomic E-state index is 11.8. The summed E-state index contributed by atoms with van der Waals surface area (Å²) in [6, 6.07) is 6.99. The molecule has 21 heavy (non-hydrogen) atoms. The Bertz CT molecular complexity index is 518. The molecule has 1 atom stereocenters. The van der Waals surface area contributed by atoms with Gasteiger partial charge in [0.2, 0.25) is 5.91 Å². The number of benzene rings is 1. The first kappa shape index (κ1) is 15.2. The van der Waals surface area contributed by atoms with Crippen LogP contribution < -0.4 is 15.0 Å². The molecule has 0 aromatic heterocycles. The predicted molar refractivity (Wildman–Crippen MR) is 78.4 cm³/mol. The third-order valence-corrected chi connectivity index (χ3v) is 3.30. The fourth-order valence-electron chi connectivity index (χ4n) is 2.38. The van der Waals surface area contributed by atoms with Gasteiger partial charge < -0.3 is 19.7 Å². The number of hydrogen-bond donors (Lipinski definition) is 1. The molecule has 0 spiro atoms. The molecule has 0 saturated carbocycles. The van der Waals surface area contributed by atoms with Gasteiger partial charge in [-0.1, -0.05) is 12.1 Å². The smallest absolute Gasteiger partial charge is 0.330 e. The minimum atomic E-state index is -0.696. The van der Waals surface area contributed by atoms with Gasteiger partial charge in [-0.15, -0.1) is 0 Å². The van der Waals surface area contributed by atoms with Crippen molar-refractivity contribution in [3.05, 3.63) is 24.3 Å². The predicted octanol–water partition coefficient (Wildman–Crippen LogP) is 0.953. The number of carbonyl (C=O) groups excluding carboxylic acids is 2. The van der Waals surface area contributed by atoms with Gasteiger partial charge in [0, 0.05) is 20.0 Å². The van der Waals surface area contributed by atoms with E-state index in [1.54, 1.807) is 0 Å². The average Bonchev–Trinajstić information content (AvgIpc) is 2.68. The second kappa shape index (κ2) is 6.97. The van der Waals surface area contributed by atoms with Crippen LogP contribution in [0.15, 0.2) is 24.3 Å². The van der Waals surface area contributed by atoms with Crippen LogP contribution in [0.3, 0.4) is 0 Å². The molecule has 1 aliphatic rings.